The molecule has 1 unspecified atom stereocenters. The van der Waals surface area contributed by atoms with E-state index in [2.05, 4.69) is 31.1 Å². The standard InChI is InChI=1S/C26H34ClN3O2/c1-15-14-16-17-7-8-19(24(32)29-20-6-5-13-28-23(20)27)25(17,2)11-9-18(16)26(3)12-10-21(31)30(4)22(15)26/h5-6,13,16-19H,7-12,14H2,1-4H3,(H,29,32)/t16-,17-,18+,19?,25-,26+/m0/s1. The van der Waals surface area contributed by atoms with Crippen molar-refractivity contribution in [3.8, 4) is 0 Å². The number of halogens is 1. The van der Waals surface area contributed by atoms with Crippen LogP contribution in [0.1, 0.15) is 65.7 Å². The van der Waals surface area contributed by atoms with E-state index in [1.807, 2.05) is 18.0 Å². The van der Waals surface area contributed by atoms with Gasteiger partial charge in [-0.3, -0.25) is 9.59 Å². The number of anilines is 1. The quantitative estimate of drug-likeness (QED) is 0.584. The molecule has 2 heterocycles. The number of piperidine rings is 1. The number of allylic oxidation sites excluding steroid dienone is 2. The highest BCUT2D eigenvalue weighted by atomic mass is 35.5. The molecule has 1 aromatic rings. The Bertz CT molecular complexity index is 1010. The minimum atomic E-state index is -0.00109. The van der Waals surface area contributed by atoms with Gasteiger partial charge in [0.2, 0.25) is 11.8 Å². The smallest absolute Gasteiger partial charge is 0.228 e. The molecule has 3 fully saturated rings. The SMILES string of the molecule is CC1=C2N(C)C(=O)CC[C@]2(C)[C@@H]2CC[C@]3(C)C(C(=O)Nc4cccnc4Cl)CC[C@H]3[C@@H]2C1. The average molecular weight is 456 g/mol. The summed E-state index contributed by atoms with van der Waals surface area (Å²) in [6, 6.07) is 3.62. The van der Waals surface area contributed by atoms with Gasteiger partial charge in [-0.05, 0) is 80.8 Å². The van der Waals surface area contributed by atoms with Gasteiger partial charge in [0, 0.05) is 36.7 Å². The third-order valence-corrected chi connectivity index (χ3v) is 9.94. The molecule has 3 aliphatic carbocycles. The van der Waals surface area contributed by atoms with Crippen molar-refractivity contribution in [1.29, 1.82) is 0 Å². The van der Waals surface area contributed by atoms with E-state index >= 15 is 0 Å². The second-order valence-corrected chi connectivity index (χ2v) is 11.4. The van der Waals surface area contributed by atoms with E-state index in [1.165, 1.54) is 11.3 Å². The molecule has 172 valence electrons. The summed E-state index contributed by atoms with van der Waals surface area (Å²) in [7, 11) is 1.96. The average Bonchev–Trinajstić information content (AvgIpc) is 3.10. The van der Waals surface area contributed by atoms with E-state index in [0.29, 0.717) is 35.0 Å². The van der Waals surface area contributed by atoms with Crippen LogP contribution in [0.15, 0.2) is 29.6 Å². The fourth-order valence-corrected chi connectivity index (χ4v) is 8.41. The second kappa shape index (κ2) is 7.58. The van der Waals surface area contributed by atoms with Crippen LogP contribution in [0.5, 0.6) is 0 Å². The summed E-state index contributed by atoms with van der Waals surface area (Å²) in [4.78, 5) is 31.9. The van der Waals surface area contributed by atoms with Gasteiger partial charge in [0.15, 0.2) is 5.15 Å². The van der Waals surface area contributed by atoms with Crippen LogP contribution in [0.2, 0.25) is 5.15 Å². The third-order valence-electron chi connectivity index (χ3n) is 9.64. The lowest BCUT2D eigenvalue weighted by atomic mass is 9.48. The fourth-order valence-electron chi connectivity index (χ4n) is 8.24. The Labute approximate surface area is 196 Å². The molecule has 0 radical (unpaired) electrons. The molecule has 5 nitrogen and oxygen atoms in total. The lowest BCUT2D eigenvalue weighted by Crippen LogP contribution is -2.54. The number of carbonyl (C=O) groups is 2. The van der Waals surface area contributed by atoms with Crippen LogP contribution >= 0.6 is 11.6 Å². The number of hydrogen-bond acceptors (Lipinski definition) is 3. The Morgan fingerprint density at radius 3 is 2.75 bits per heavy atom. The molecular formula is C26H34ClN3O2. The second-order valence-electron chi connectivity index (χ2n) is 11.1. The molecule has 1 N–H and O–H groups in total. The first-order valence-corrected chi connectivity index (χ1v) is 12.4. The summed E-state index contributed by atoms with van der Waals surface area (Å²) in [5, 5.41) is 3.41. The van der Waals surface area contributed by atoms with Gasteiger partial charge in [-0.1, -0.05) is 31.0 Å². The molecular weight excluding hydrogens is 422 g/mol. The highest BCUT2D eigenvalue weighted by Gasteiger charge is 2.61. The lowest BCUT2D eigenvalue weighted by Gasteiger charge is -2.59. The largest absolute Gasteiger partial charge is 0.323 e. The number of nitrogens with one attached hydrogen (secondary N) is 1. The zero-order valence-corrected chi connectivity index (χ0v) is 20.3. The number of carbonyl (C=O) groups excluding carboxylic acids is 2. The van der Waals surface area contributed by atoms with Crippen LogP contribution in [-0.4, -0.2) is 28.7 Å². The van der Waals surface area contributed by atoms with Crippen molar-refractivity contribution in [2.45, 2.75) is 65.7 Å². The van der Waals surface area contributed by atoms with Crippen LogP contribution in [0.25, 0.3) is 0 Å². The molecule has 1 saturated heterocycles. The molecule has 6 atom stereocenters. The zero-order valence-electron chi connectivity index (χ0n) is 19.6. The molecule has 6 heteroatoms. The van der Waals surface area contributed by atoms with E-state index < -0.39 is 0 Å². The number of pyridine rings is 1. The Kier molecular flexibility index (Phi) is 5.20. The summed E-state index contributed by atoms with van der Waals surface area (Å²) in [5.41, 5.74) is 3.34. The Balaban J connectivity index is 1.42. The Hall–Kier alpha value is -1.88. The van der Waals surface area contributed by atoms with Gasteiger partial charge in [0.1, 0.15) is 0 Å². The topological polar surface area (TPSA) is 62.3 Å². The van der Waals surface area contributed by atoms with E-state index in [9.17, 15) is 9.59 Å². The summed E-state index contributed by atoms with van der Waals surface area (Å²) in [6.45, 7) is 6.98. The van der Waals surface area contributed by atoms with E-state index in [0.717, 1.165) is 38.5 Å². The number of rotatable bonds is 2. The summed E-state index contributed by atoms with van der Waals surface area (Å²) < 4.78 is 0. The molecule has 0 spiro atoms. The van der Waals surface area contributed by atoms with Crippen molar-refractivity contribution < 1.29 is 9.59 Å². The van der Waals surface area contributed by atoms with Crippen molar-refractivity contribution in [3.05, 3.63) is 34.8 Å². The van der Waals surface area contributed by atoms with Crippen LogP contribution in [0.4, 0.5) is 5.69 Å². The van der Waals surface area contributed by atoms with Crippen molar-refractivity contribution in [2.75, 3.05) is 12.4 Å². The van der Waals surface area contributed by atoms with Gasteiger partial charge in [0.05, 0.1) is 5.69 Å². The third kappa shape index (κ3) is 3.07. The first kappa shape index (κ1) is 21.9. The predicted molar refractivity (Wildman–Crippen MR) is 126 cm³/mol. The number of fused-ring (bicyclic) bond motifs is 5. The first-order valence-electron chi connectivity index (χ1n) is 12.0. The molecule has 2 saturated carbocycles. The molecule has 1 aromatic heterocycles. The number of likely N-dealkylation sites (tertiary alicyclic amines) is 1. The Morgan fingerprint density at radius 2 is 2.00 bits per heavy atom. The van der Waals surface area contributed by atoms with Crippen molar-refractivity contribution in [3.63, 3.8) is 0 Å². The van der Waals surface area contributed by atoms with E-state index in [1.54, 1.807) is 12.3 Å². The first-order chi connectivity index (χ1) is 15.2. The van der Waals surface area contributed by atoms with Crippen molar-refractivity contribution in [2.24, 2.45) is 34.5 Å². The van der Waals surface area contributed by atoms with Gasteiger partial charge in [-0.2, -0.15) is 0 Å². The molecule has 0 aromatic carbocycles. The highest BCUT2D eigenvalue weighted by Crippen LogP contribution is 2.66. The van der Waals surface area contributed by atoms with E-state index in [4.69, 9.17) is 11.6 Å². The Morgan fingerprint density at radius 1 is 1.22 bits per heavy atom. The molecule has 32 heavy (non-hydrogen) atoms. The summed E-state index contributed by atoms with van der Waals surface area (Å²) in [5.74, 6) is 2.05. The summed E-state index contributed by atoms with van der Waals surface area (Å²) in [6.07, 6.45) is 8.51. The van der Waals surface area contributed by atoms with Crippen molar-refractivity contribution in [1.82, 2.24) is 9.88 Å². The van der Waals surface area contributed by atoms with Crippen LogP contribution in [0.3, 0.4) is 0 Å². The minimum Gasteiger partial charge on any atom is -0.323 e. The molecule has 4 aliphatic rings. The number of hydrogen-bond donors (Lipinski definition) is 1. The van der Waals surface area contributed by atoms with Crippen LogP contribution in [0, 0.1) is 34.5 Å². The van der Waals surface area contributed by atoms with Crippen molar-refractivity contribution >= 4 is 29.1 Å². The van der Waals surface area contributed by atoms with E-state index in [-0.39, 0.29) is 28.6 Å². The highest BCUT2D eigenvalue weighted by molar-refractivity contribution is 6.32. The van der Waals surface area contributed by atoms with Crippen LogP contribution < -0.4 is 5.32 Å². The normalized spacial score (nSPS) is 38.8. The monoisotopic (exact) mass is 455 g/mol. The lowest BCUT2D eigenvalue weighted by molar-refractivity contribution is -0.137. The number of nitrogens with zero attached hydrogens (tertiary/aromatic N) is 2. The summed E-state index contributed by atoms with van der Waals surface area (Å²) >= 11 is 6.20. The van der Waals surface area contributed by atoms with Gasteiger partial charge >= 0.3 is 0 Å². The maximum absolute atomic E-state index is 13.4. The molecule has 2 amide bonds. The van der Waals surface area contributed by atoms with Gasteiger partial charge in [-0.25, -0.2) is 4.98 Å². The molecule has 5 rings (SSSR count). The van der Waals surface area contributed by atoms with Gasteiger partial charge in [-0.15, -0.1) is 0 Å². The maximum atomic E-state index is 13.4. The number of amides is 2. The minimum absolute atomic E-state index is 0.00109. The van der Waals surface area contributed by atoms with Gasteiger partial charge in [0.25, 0.3) is 0 Å². The zero-order chi connectivity index (χ0) is 22.8. The fraction of sp³-hybridized carbons (Fsp3) is 0.654. The molecule has 1 aliphatic heterocycles. The maximum Gasteiger partial charge on any atom is 0.228 e. The predicted octanol–water partition coefficient (Wildman–Crippen LogP) is 5.67. The van der Waals surface area contributed by atoms with Gasteiger partial charge < -0.3 is 10.2 Å². The van der Waals surface area contributed by atoms with Crippen LogP contribution in [-0.2, 0) is 9.59 Å². The molecule has 0 bridgehead atoms. The number of aromatic nitrogens is 1.